The number of ether oxygens (including phenoxy) is 1. The van der Waals surface area contributed by atoms with Gasteiger partial charge < -0.3 is 29.7 Å². The Balaban J connectivity index is 1.48. The third-order valence-electron chi connectivity index (χ3n) is 8.18. The molecule has 1 saturated carbocycles. The van der Waals surface area contributed by atoms with Crippen molar-refractivity contribution in [3.05, 3.63) is 30.0 Å². The lowest BCUT2D eigenvalue weighted by molar-refractivity contribution is -0.142. The number of hydrogen-bond donors (Lipinski definition) is 2. The molecule has 1 saturated heterocycles. The van der Waals surface area contributed by atoms with Gasteiger partial charge in [-0.25, -0.2) is 0 Å². The van der Waals surface area contributed by atoms with E-state index in [0.717, 1.165) is 42.3 Å². The Kier molecular flexibility index (Phi) is 8.42. The van der Waals surface area contributed by atoms with Crippen molar-refractivity contribution in [2.45, 2.75) is 64.1 Å². The molecule has 1 aromatic heterocycles. The van der Waals surface area contributed by atoms with Gasteiger partial charge in [0.1, 0.15) is 17.5 Å². The van der Waals surface area contributed by atoms with Crippen molar-refractivity contribution in [3.8, 4) is 5.75 Å². The van der Waals surface area contributed by atoms with Crippen molar-refractivity contribution in [2.24, 2.45) is 13.0 Å². The number of benzene rings is 1. The van der Waals surface area contributed by atoms with Gasteiger partial charge >= 0.3 is 0 Å². The zero-order valence-corrected chi connectivity index (χ0v) is 22.8. The van der Waals surface area contributed by atoms with Crippen LogP contribution in [0.4, 0.5) is 0 Å². The number of nitrogens with zero attached hydrogens (tertiary/aromatic N) is 3. The molecule has 0 bridgehead atoms. The summed E-state index contributed by atoms with van der Waals surface area (Å²) in [6.45, 7) is 5.14. The van der Waals surface area contributed by atoms with Crippen LogP contribution in [0.15, 0.2) is 24.3 Å². The van der Waals surface area contributed by atoms with Gasteiger partial charge in [-0.2, -0.15) is 0 Å². The predicted octanol–water partition coefficient (Wildman–Crippen LogP) is 2.53. The van der Waals surface area contributed by atoms with Gasteiger partial charge in [-0.05, 0) is 57.9 Å². The van der Waals surface area contributed by atoms with Gasteiger partial charge in [-0.3, -0.25) is 14.4 Å². The second-order valence-electron chi connectivity index (χ2n) is 10.5. The second-order valence-corrected chi connectivity index (χ2v) is 10.5. The summed E-state index contributed by atoms with van der Waals surface area (Å²) in [5, 5.41) is 7.01. The van der Waals surface area contributed by atoms with Crippen LogP contribution in [-0.4, -0.2) is 84.0 Å². The molecule has 0 unspecified atom stereocenters. The van der Waals surface area contributed by atoms with Gasteiger partial charge in [0.05, 0.1) is 18.7 Å². The summed E-state index contributed by atoms with van der Waals surface area (Å²) in [5.41, 5.74) is 1.55. The Morgan fingerprint density at radius 1 is 1.08 bits per heavy atom. The summed E-state index contributed by atoms with van der Waals surface area (Å²) < 4.78 is 7.24. The number of methoxy groups -OCH3 is 1. The lowest BCUT2D eigenvalue weighted by atomic mass is 9.83. The number of rotatable bonds is 7. The Labute approximate surface area is 219 Å². The van der Waals surface area contributed by atoms with Crippen molar-refractivity contribution < 1.29 is 19.1 Å². The van der Waals surface area contributed by atoms with Crippen LogP contribution in [0.3, 0.4) is 0 Å². The number of hydrogen-bond acceptors (Lipinski definition) is 5. The molecular weight excluding hydrogens is 470 g/mol. The Morgan fingerprint density at radius 2 is 1.81 bits per heavy atom. The molecule has 9 nitrogen and oxygen atoms in total. The molecule has 0 spiro atoms. The third-order valence-corrected chi connectivity index (χ3v) is 8.18. The molecule has 3 atom stereocenters. The molecule has 1 aromatic carbocycles. The fraction of sp³-hybridized carbons (Fsp3) is 0.607. The summed E-state index contributed by atoms with van der Waals surface area (Å²) in [6.07, 6.45) is 5.24. The average molecular weight is 512 g/mol. The first-order valence-corrected chi connectivity index (χ1v) is 13.5. The molecule has 1 aliphatic heterocycles. The van der Waals surface area contributed by atoms with E-state index in [1.54, 1.807) is 21.1 Å². The first kappa shape index (κ1) is 27.0. The second kappa shape index (κ2) is 11.5. The largest absolute Gasteiger partial charge is 0.497 e. The minimum absolute atomic E-state index is 0.0279. The summed E-state index contributed by atoms with van der Waals surface area (Å²) >= 11 is 0. The number of amides is 3. The quantitative estimate of drug-likeness (QED) is 0.596. The van der Waals surface area contributed by atoms with E-state index in [1.807, 2.05) is 52.6 Å². The van der Waals surface area contributed by atoms with E-state index < -0.39 is 6.04 Å². The maximum Gasteiger partial charge on any atom is 0.270 e. The van der Waals surface area contributed by atoms with Gasteiger partial charge in [0, 0.05) is 44.2 Å². The molecule has 0 radical (unpaired) electrons. The lowest BCUT2D eigenvalue weighted by Gasteiger charge is -2.43. The van der Waals surface area contributed by atoms with Crippen LogP contribution in [0.2, 0.25) is 0 Å². The normalized spacial score (nSPS) is 20.5. The zero-order chi connectivity index (χ0) is 26.7. The topological polar surface area (TPSA) is 95.9 Å². The van der Waals surface area contributed by atoms with Gasteiger partial charge in [0.25, 0.3) is 5.91 Å². The number of likely N-dealkylation sites (N-methyl/N-ethyl adjacent to an activating group) is 1. The molecular formula is C28H41N5O4. The Hall–Kier alpha value is -3.07. The summed E-state index contributed by atoms with van der Waals surface area (Å²) in [6, 6.07) is 6.65. The molecule has 2 aliphatic rings. The van der Waals surface area contributed by atoms with E-state index in [0.29, 0.717) is 25.3 Å². The van der Waals surface area contributed by atoms with Crippen molar-refractivity contribution >= 4 is 28.6 Å². The van der Waals surface area contributed by atoms with Crippen molar-refractivity contribution in [2.75, 3.05) is 33.8 Å². The molecule has 9 heteroatoms. The number of aromatic nitrogens is 1. The van der Waals surface area contributed by atoms with Gasteiger partial charge in [-0.15, -0.1) is 0 Å². The molecule has 202 valence electrons. The number of aryl methyl sites for hydroxylation is 1. The molecule has 4 rings (SSSR count). The van der Waals surface area contributed by atoms with Crippen molar-refractivity contribution in [3.63, 3.8) is 0 Å². The summed E-state index contributed by atoms with van der Waals surface area (Å²) in [5.74, 6) is 0.669. The highest BCUT2D eigenvalue weighted by Gasteiger charge is 2.38. The highest BCUT2D eigenvalue weighted by molar-refractivity contribution is 5.99. The van der Waals surface area contributed by atoms with E-state index in [9.17, 15) is 14.4 Å². The molecule has 2 fully saturated rings. The predicted molar refractivity (Wildman–Crippen MR) is 144 cm³/mol. The van der Waals surface area contributed by atoms with Crippen LogP contribution in [-0.2, 0) is 16.6 Å². The van der Waals surface area contributed by atoms with Crippen LogP contribution < -0.4 is 15.4 Å². The van der Waals surface area contributed by atoms with E-state index in [4.69, 9.17) is 4.74 Å². The summed E-state index contributed by atoms with van der Waals surface area (Å²) in [4.78, 5) is 43.7. The number of carbonyl (C=O) groups excluding carboxylic acids is 3. The standard InChI is InChI=1S/C28H41N5O4/c1-18-17-32(27(35)24-15-21-11-12-22(37-5)16-23(21)31(24)4)13-14-33(18)28(36)25(20-9-7-6-8-10-20)30-26(34)19(2)29-3/h11-12,15-16,18-20,25,29H,6-10,13-14,17H2,1-5H3,(H,30,34)/t18-,19-,25-/m0/s1. The van der Waals surface area contributed by atoms with E-state index in [-0.39, 0.29) is 35.7 Å². The molecule has 37 heavy (non-hydrogen) atoms. The number of piperazine rings is 1. The zero-order valence-electron chi connectivity index (χ0n) is 22.8. The first-order chi connectivity index (χ1) is 17.7. The maximum atomic E-state index is 13.8. The van der Waals surface area contributed by atoms with Crippen LogP contribution in [0, 0.1) is 5.92 Å². The van der Waals surface area contributed by atoms with Gasteiger partial charge in [0.15, 0.2) is 0 Å². The molecule has 2 N–H and O–H groups in total. The van der Waals surface area contributed by atoms with E-state index >= 15 is 0 Å². The van der Waals surface area contributed by atoms with Crippen molar-refractivity contribution in [1.29, 1.82) is 0 Å². The molecule has 1 aliphatic carbocycles. The highest BCUT2D eigenvalue weighted by Crippen LogP contribution is 2.29. The maximum absolute atomic E-state index is 13.8. The first-order valence-electron chi connectivity index (χ1n) is 13.5. The van der Waals surface area contributed by atoms with Crippen LogP contribution in [0.1, 0.15) is 56.4 Å². The highest BCUT2D eigenvalue weighted by atomic mass is 16.5. The minimum atomic E-state index is -0.526. The lowest BCUT2D eigenvalue weighted by Crippen LogP contribution is -2.62. The Morgan fingerprint density at radius 3 is 2.46 bits per heavy atom. The fourth-order valence-corrected chi connectivity index (χ4v) is 5.71. The van der Waals surface area contributed by atoms with Crippen molar-refractivity contribution in [1.82, 2.24) is 25.0 Å². The van der Waals surface area contributed by atoms with Crippen LogP contribution in [0.5, 0.6) is 5.75 Å². The fourth-order valence-electron chi connectivity index (χ4n) is 5.71. The van der Waals surface area contributed by atoms with E-state index in [2.05, 4.69) is 10.6 Å². The average Bonchev–Trinajstić information content (AvgIpc) is 3.26. The third kappa shape index (κ3) is 5.61. The molecule has 2 aromatic rings. The smallest absolute Gasteiger partial charge is 0.270 e. The Bertz CT molecular complexity index is 1140. The monoisotopic (exact) mass is 511 g/mol. The molecule has 3 amide bonds. The molecule has 2 heterocycles. The van der Waals surface area contributed by atoms with Crippen LogP contribution >= 0.6 is 0 Å². The minimum Gasteiger partial charge on any atom is -0.497 e. The number of nitrogens with one attached hydrogen (secondary N) is 2. The summed E-state index contributed by atoms with van der Waals surface area (Å²) in [7, 11) is 5.26. The number of carbonyl (C=O) groups is 3. The van der Waals surface area contributed by atoms with Gasteiger partial charge in [0.2, 0.25) is 11.8 Å². The van der Waals surface area contributed by atoms with Crippen LogP contribution in [0.25, 0.3) is 10.9 Å². The SMILES string of the molecule is CN[C@@H](C)C(=O)N[C@H](C(=O)N1CCN(C(=O)c2cc3ccc(OC)cc3n2C)C[C@@H]1C)C1CCCCC1. The van der Waals surface area contributed by atoms with E-state index in [1.165, 1.54) is 6.42 Å². The number of fused-ring (bicyclic) bond motifs is 1. The van der Waals surface area contributed by atoms with Gasteiger partial charge in [-0.1, -0.05) is 19.3 Å².